The standard InChI is InChI=1S/C20H26ClN3O3/c1-14-18(19(23-27-14)16-5-3-4-6-17(16)21)20(25)22-13-15-7-9-24(10-8-15)11-12-26-2/h3-6,15H,7-13H2,1-2H3,(H,22,25). The van der Waals surface area contributed by atoms with E-state index in [0.717, 1.165) is 39.1 Å². The van der Waals surface area contributed by atoms with Crippen LogP contribution in [0.25, 0.3) is 11.3 Å². The molecule has 1 saturated heterocycles. The first kappa shape index (κ1) is 19.9. The lowest BCUT2D eigenvalue weighted by Gasteiger charge is -2.31. The average Bonchev–Trinajstić information content (AvgIpc) is 3.07. The first-order valence-corrected chi connectivity index (χ1v) is 9.68. The number of hydrogen-bond acceptors (Lipinski definition) is 5. The number of ether oxygens (including phenoxy) is 1. The Morgan fingerprint density at radius 1 is 1.37 bits per heavy atom. The SMILES string of the molecule is COCCN1CCC(CNC(=O)c2c(-c3ccccc3Cl)noc2C)CC1. The fourth-order valence-electron chi connectivity index (χ4n) is 3.44. The van der Waals surface area contributed by atoms with Crippen molar-refractivity contribution < 1.29 is 14.1 Å². The molecule has 1 aromatic carbocycles. The molecule has 1 aromatic heterocycles. The fourth-order valence-corrected chi connectivity index (χ4v) is 3.66. The molecular weight excluding hydrogens is 366 g/mol. The molecule has 7 heteroatoms. The third-order valence-corrected chi connectivity index (χ3v) is 5.42. The van der Waals surface area contributed by atoms with Crippen LogP contribution in [0, 0.1) is 12.8 Å². The Labute approximate surface area is 164 Å². The van der Waals surface area contributed by atoms with Crippen LogP contribution in [0.15, 0.2) is 28.8 Å². The van der Waals surface area contributed by atoms with Crippen molar-refractivity contribution in [2.24, 2.45) is 5.92 Å². The lowest BCUT2D eigenvalue weighted by atomic mass is 9.96. The predicted molar refractivity (Wildman–Crippen MR) is 105 cm³/mol. The molecule has 1 N–H and O–H groups in total. The van der Waals surface area contributed by atoms with Crippen molar-refractivity contribution in [3.05, 3.63) is 40.6 Å². The summed E-state index contributed by atoms with van der Waals surface area (Å²) in [6.45, 7) is 6.22. The van der Waals surface area contributed by atoms with Crippen molar-refractivity contribution in [3.8, 4) is 11.3 Å². The Balaban J connectivity index is 1.60. The number of aromatic nitrogens is 1. The Bertz CT molecular complexity index is 770. The minimum absolute atomic E-state index is 0.162. The van der Waals surface area contributed by atoms with Gasteiger partial charge in [-0.25, -0.2) is 0 Å². The summed E-state index contributed by atoms with van der Waals surface area (Å²) in [5.74, 6) is 0.818. The maximum atomic E-state index is 12.8. The molecule has 0 atom stereocenters. The third kappa shape index (κ3) is 4.89. The molecule has 2 aromatic rings. The van der Waals surface area contributed by atoms with Crippen molar-refractivity contribution >= 4 is 17.5 Å². The van der Waals surface area contributed by atoms with Gasteiger partial charge in [-0.15, -0.1) is 0 Å². The van der Waals surface area contributed by atoms with Crippen LogP contribution in [-0.2, 0) is 4.74 Å². The molecule has 1 aliphatic rings. The van der Waals surface area contributed by atoms with E-state index in [1.807, 2.05) is 18.2 Å². The first-order valence-electron chi connectivity index (χ1n) is 9.30. The summed E-state index contributed by atoms with van der Waals surface area (Å²) < 4.78 is 10.4. The number of nitrogens with zero attached hydrogens (tertiary/aromatic N) is 2. The highest BCUT2D eigenvalue weighted by Crippen LogP contribution is 2.31. The van der Waals surface area contributed by atoms with Gasteiger partial charge in [0.05, 0.1) is 11.6 Å². The van der Waals surface area contributed by atoms with Crippen molar-refractivity contribution in [2.45, 2.75) is 19.8 Å². The molecule has 0 spiro atoms. The number of amides is 1. The number of piperidine rings is 1. The van der Waals surface area contributed by atoms with E-state index >= 15 is 0 Å². The number of methoxy groups -OCH3 is 1. The van der Waals surface area contributed by atoms with E-state index in [9.17, 15) is 4.79 Å². The minimum atomic E-state index is -0.162. The fraction of sp³-hybridized carbons (Fsp3) is 0.500. The molecule has 0 saturated carbocycles. The van der Waals surface area contributed by atoms with Gasteiger partial charge in [0, 0.05) is 25.8 Å². The first-order chi connectivity index (χ1) is 13.1. The van der Waals surface area contributed by atoms with E-state index in [4.69, 9.17) is 20.9 Å². The molecule has 0 unspecified atom stereocenters. The Morgan fingerprint density at radius 3 is 2.81 bits per heavy atom. The van der Waals surface area contributed by atoms with Crippen LogP contribution >= 0.6 is 11.6 Å². The number of halogens is 1. The lowest BCUT2D eigenvalue weighted by molar-refractivity contribution is 0.0925. The predicted octanol–water partition coefficient (Wildman–Crippen LogP) is 3.39. The highest BCUT2D eigenvalue weighted by atomic mass is 35.5. The molecule has 1 aliphatic heterocycles. The minimum Gasteiger partial charge on any atom is -0.383 e. The number of carbonyl (C=O) groups is 1. The van der Waals surface area contributed by atoms with Gasteiger partial charge in [0.25, 0.3) is 5.91 Å². The van der Waals surface area contributed by atoms with Gasteiger partial charge in [0.15, 0.2) is 0 Å². The zero-order chi connectivity index (χ0) is 19.2. The van der Waals surface area contributed by atoms with Crippen molar-refractivity contribution in [1.29, 1.82) is 0 Å². The number of carbonyl (C=O) groups excluding carboxylic acids is 1. The third-order valence-electron chi connectivity index (χ3n) is 5.09. The number of benzene rings is 1. The van der Waals surface area contributed by atoms with E-state index in [1.54, 1.807) is 20.1 Å². The monoisotopic (exact) mass is 391 g/mol. The van der Waals surface area contributed by atoms with Gasteiger partial charge in [-0.3, -0.25) is 4.79 Å². The van der Waals surface area contributed by atoms with Gasteiger partial charge in [-0.1, -0.05) is 35.0 Å². The van der Waals surface area contributed by atoms with Crippen LogP contribution in [-0.4, -0.2) is 55.9 Å². The van der Waals surface area contributed by atoms with Crippen LogP contribution in [0.5, 0.6) is 0 Å². The van der Waals surface area contributed by atoms with Gasteiger partial charge in [-0.05, 0) is 44.8 Å². The molecule has 27 heavy (non-hydrogen) atoms. The Morgan fingerprint density at radius 2 is 2.11 bits per heavy atom. The highest BCUT2D eigenvalue weighted by Gasteiger charge is 2.24. The van der Waals surface area contributed by atoms with Gasteiger partial charge in [0.2, 0.25) is 0 Å². The lowest BCUT2D eigenvalue weighted by Crippen LogP contribution is -2.40. The maximum absolute atomic E-state index is 12.8. The molecule has 0 aliphatic carbocycles. The smallest absolute Gasteiger partial charge is 0.257 e. The number of likely N-dealkylation sites (tertiary alicyclic amines) is 1. The molecule has 3 rings (SSSR count). The summed E-state index contributed by atoms with van der Waals surface area (Å²) >= 11 is 6.27. The quantitative estimate of drug-likeness (QED) is 0.783. The summed E-state index contributed by atoms with van der Waals surface area (Å²) in [4.78, 5) is 15.2. The zero-order valence-corrected chi connectivity index (χ0v) is 16.6. The average molecular weight is 392 g/mol. The second kappa shape index (κ2) is 9.35. The van der Waals surface area contributed by atoms with Gasteiger partial charge in [0.1, 0.15) is 17.0 Å². The van der Waals surface area contributed by atoms with Crippen LogP contribution in [0.1, 0.15) is 29.0 Å². The van der Waals surface area contributed by atoms with E-state index in [2.05, 4.69) is 15.4 Å². The molecule has 6 nitrogen and oxygen atoms in total. The van der Waals surface area contributed by atoms with Crippen LogP contribution in [0.2, 0.25) is 5.02 Å². The number of hydrogen-bond donors (Lipinski definition) is 1. The normalized spacial score (nSPS) is 15.8. The van der Waals surface area contributed by atoms with E-state index in [1.165, 1.54) is 0 Å². The Hall–Kier alpha value is -1.89. The van der Waals surface area contributed by atoms with E-state index in [0.29, 0.717) is 40.1 Å². The van der Waals surface area contributed by atoms with Gasteiger partial charge >= 0.3 is 0 Å². The summed E-state index contributed by atoms with van der Waals surface area (Å²) in [7, 11) is 1.73. The largest absolute Gasteiger partial charge is 0.383 e. The Kier molecular flexibility index (Phi) is 6.88. The number of aryl methyl sites for hydroxylation is 1. The van der Waals surface area contributed by atoms with Gasteiger partial charge in [-0.2, -0.15) is 0 Å². The highest BCUT2D eigenvalue weighted by molar-refractivity contribution is 6.33. The van der Waals surface area contributed by atoms with Crippen LogP contribution in [0.4, 0.5) is 0 Å². The molecule has 1 fully saturated rings. The summed E-state index contributed by atoms with van der Waals surface area (Å²) in [6, 6.07) is 7.33. The summed E-state index contributed by atoms with van der Waals surface area (Å²) in [5.41, 5.74) is 1.65. The topological polar surface area (TPSA) is 67.6 Å². The second-order valence-corrected chi connectivity index (χ2v) is 7.34. The molecule has 146 valence electrons. The molecule has 2 heterocycles. The van der Waals surface area contributed by atoms with Gasteiger partial charge < -0.3 is 19.5 Å². The summed E-state index contributed by atoms with van der Waals surface area (Å²) in [5, 5.41) is 7.67. The zero-order valence-electron chi connectivity index (χ0n) is 15.8. The molecule has 1 amide bonds. The number of nitrogens with one attached hydrogen (secondary N) is 1. The van der Waals surface area contributed by atoms with E-state index < -0.39 is 0 Å². The molecule has 0 bridgehead atoms. The molecule has 0 radical (unpaired) electrons. The van der Waals surface area contributed by atoms with E-state index in [-0.39, 0.29) is 5.91 Å². The molecular formula is C20H26ClN3O3. The van der Waals surface area contributed by atoms with Crippen LogP contribution < -0.4 is 5.32 Å². The van der Waals surface area contributed by atoms with Crippen LogP contribution in [0.3, 0.4) is 0 Å². The number of rotatable bonds is 7. The maximum Gasteiger partial charge on any atom is 0.257 e. The van der Waals surface area contributed by atoms with Crippen molar-refractivity contribution in [3.63, 3.8) is 0 Å². The van der Waals surface area contributed by atoms with Crippen molar-refractivity contribution in [1.82, 2.24) is 15.4 Å². The van der Waals surface area contributed by atoms with Crippen molar-refractivity contribution in [2.75, 3.05) is 39.9 Å². The summed E-state index contributed by atoms with van der Waals surface area (Å²) in [6.07, 6.45) is 2.15. The second-order valence-electron chi connectivity index (χ2n) is 6.93.